The molecule has 0 radical (unpaired) electrons. The van der Waals surface area contributed by atoms with Crippen molar-refractivity contribution in [3.8, 4) is 0 Å². The number of anilines is 1. The molecule has 0 bridgehead atoms. The predicted octanol–water partition coefficient (Wildman–Crippen LogP) is 1.95. The van der Waals surface area contributed by atoms with Gasteiger partial charge in [-0.3, -0.25) is 0 Å². The summed E-state index contributed by atoms with van der Waals surface area (Å²) in [5.41, 5.74) is 5.33. The number of carbonyl (C=O) groups is 1. The van der Waals surface area contributed by atoms with Crippen LogP contribution in [0.2, 0.25) is 0 Å². The maximum absolute atomic E-state index is 12.7. The van der Waals surface area contributed by atoms with Crippen molar-refractivity contribution in [1.29, 1.82) is 0 Å². The van der Waals surface area contributed by atoms with E-state index in [1.165, 1.54) is 14.4 Å². The summed E-state index contributed by atoms with van der Waals surface area (Å²) in [5, 5.41) is 9.65. The SMILES string of the molecule is Cc1c2[c]3c(c(C)c1CO)[N](C(=O)C(C)(C)C)[In]3[CH]=C2. The van der Waals surface area contributed by atoms with E-state index in [1.54, 1.807) is 0 Å². The van der Waals surface area contributed by atoms with Gasteiger partial charge in [-0.1, -0.05) is 0 Å². The third kappa shape index (κ3) is 1.67. The molecule has 2 aliphatic rings. The summed E-state index contributed by atoms with van der Waals surface area (Å²) >= 11 is -2.20. The Morgan fingerprint density at radius 3 is 2.50 bits per heavy atom. The molecule has 1 aromatic carbocycles. The first kappa shape index (κ1) is 14.2. The number of carbonyl (C=O) groups excluding carboxylic acids is 1. The molecular weight excluding hydrogens is 353 g/mol. The van der Waals surface area contributed by atoms with Gasteiger partial charge in [0.2, 0.25) is 0 Å². The van der Waals surface area contributed by atoms with E-state index in [2.05, 4.69) is 19.7 Å². The van der Waals surface area contributed by atoms with Gasteiger partial charge in [-0.25, -0.2) is 0 Å². The second-order valence-electron chi connectivity index (χ2n) is 6.79. The molecule has 0 spiro atoms. The van der Waals surface area contributed by atoms with E-state index in [4.69, 9.17) is 0 Å². The van der Waals surface area contributed by atoms with Gasteiger partial charge in [-0.2, -0.15) is 0 Å². The summed E-state index contributed by atoms with van der Waals surface area (Å²) in [6.45, 7) is 10.1. The van der Waals surface area contributed by atoms with Crippen LogP contribution < -0.4 is 6.21 Å². The molecule has 1 N–H and O–H groups in total. The first-order chi connectivity index (χ1) is 9.29. The van der Waals surface area contributed by atoms with Crippen LogP contribution in [0.5, 0.6) is 0 Å². The normalized spacial score (nSPS) is 15.5. The van der Waals surface area contributed by atoms with Crippen molar-refractivity contribution in [2.45, 2.75) is 41.2 Å². The average molecular weight is 373 g/mol. The van der Waals surface area contributed by atoms with Crippen molar-refractivity contribution in [3.05, 3.63) is 26.1 Å². The minimum atomic E-state index is -2.20. The number of hydrogen-bond acceptors (Lipinski definition) is 2. The van der Waals surface area contributed by atoms with E-state index < -0.39 is 21.7 Å². The van der Waals surface area contributed by atoms with Crippen LogP contribution in [0.1, 0.15) is 43.0 Å². The molecule has 2 aliphatic heterocycles. The minimum absolute atomic E-state index is 0.0452. The Labute approximate surface area is 128 Å². The summed E-state index contributed by atoms with van der Waals surface area (Å²) in [4.78, 5) is 12.7. The van der Waals surface area contributed by atoms with Gasteiger partial charge in [0.1, 0.15) is 0 Å². The summed E-state index contributed by atoms with van der Waals surface area (Å²) in [5.74, 6) is 0.235. The van der Waals surface area contributed by atoms with E-state index in [0.29, 0.717) is 0 Å². The molecule has 1 amide bonds. The molecular formula is C16H20InNO2. The summed E-state index contributed by atoms with van der Waals surface area (Å²) in [6.07, 6.45) is 2.18. The number of amides is 1. The van der Waals surface area contributed by atoms with Crippen molar-refractivity contribution in [3.63, 3.8) is 0 Å². The number of aliphatic hydroxyl groups excluding tert-OH is 1. The fourth-order valence-electron chi connectivity index (χ4n) is 3.34. The molecule has 3 rings (SSSR count). The van der Waals surface area contributed by atoms with Crippen molar-refractivity contribution >= 4 is 42.7 Å². The number of rotatable bonds is 1. The molecule has 0 atom stereocenters. The molecule has 0 unspecified atom stereocenters. The van der Waals surface area contributed by atoms with Gasteiger partial charge in [0.15, 0.2) is 0 Å². The average Bonchev–Trinajstić information content (AvgIpc) is 2.69. The van der Waals surface area contributed by atoms with Crippen molar-refractivity contribution in [2.24, 2.45) is 5.41 Å². The molecule has 4 heteroatoms. The second-order valence-corrected chi connectivity index (χ2v) is 13.6. The second kappa shape index (κ2) is 4.38. The molecule has 104 valence electrons. The molecule has 3 nitrogen and oxygen atoms in total. The quantitative estimate of drug-likeness (QED) is 0.818. The van der Waals surface area contributed by atoms with Crippen LogP contribution in [0.15, 0.2) is 3.83 Å². The summed E-state index contributed by atoms with van der Waals surface area (Å²) in [7, 11) is 0. The van der Waals surface area contributed by atoms with Crippen molar-refractivity contribution in [1.82, 2.24) is 0 Å². The van der Waals surface area contributed by atoms with Gasteiger partial charge < -0.3 is 0 Å². The van der Waals surface area contributed by atoms with Gasteiger partial charge in [-0.15, -0.1) is 0 Å². The Bertz CT molecular complexity index is 656. The Morgan fingerprint density at radius 1 is 1.30 bits per heavy atom. The Hall–Kier alpha value is -0.740. The molecule has 0 aliphatic carbocycles. The van der Waals surface area contributed by atoms with Gasteiger partial charge in [0, 0.05) is 0 Å². The van der Waals surface area contributed by atoms with Crippen LogP contribution in [0, 0.1) is 19.3 Å². The summed E-state index contributed by atoms with van der Waals surface area (Å²) in [6, 6.07) is 0. The van der Waals surface area contributed by atoms with E-state index >= 15 is 0 Å². The molecule has 0 saturated carbocycles. The third-order valence-electron chi connectivity index (χ3n) is 4.49. The first-order valence-corrected chi connectivity index (χ1v) is 12.1. The van der Waals surface area contributed by atoms with Crippen LogP contribution in [0.4, 0.5) is 5.69 Å². The zero-order valence-corrected chi connectivity index (χ0v) is 16.0. The molecule has 1 aromatic rings. The number of aliphatic hydroxyl groups is 1. The molecule has 20 heavy (non-hydrogen) atoms. The van der Waals surface area contributed by atoms with E-state index in [0.717, 1.165) is 16.8 Å². The number of hydrogen-bond donors (Lipinski definition) is 1. The van der Waals surface area contributed by atoms with Gasteiger partial charge in [0.25, 0.3) is 0 Å². The van der Waals surface area contributed by atoms with Gasteiger partial charge in [0.05, 0.1) is 0 Å². The Kier molecular flexibility index (Phi) is 3.11. The van der Waals surface area contributed by atoms with Gasteiger partial charge in [-0.05, 0) is 0 Å². The van der Waals surface area contributed by atoms with Crippen LogP contribution in [0.25, 0.3) is 6.08 Å². The van der Waals surface area contributed by atoms with Crippen LogP contribution in [-0.2, 0) is 11.4 Å². The maximum atomic E-state index is 12.7. The van der Waals surface area contributed by atoms with Crippen molar-refractivity contribution in [2.75, 3.05) is 2.89 Å². The van der Waals surface area contributed by atoms with Crippen LogP contribution >= 0.6 is 0 Å². The standard InChI is InChI=1S/C16H21NO2.In/c1-7-12-8-14(17-15(19)16(4,5)6)11(3)13(9-18)10(12)2;/h1,7,18H,9H2,2-6H3,(H,17,19);/q;+1/p-1. The topological polar surface area (TPSA) is 40.5 Å². The van der Waals surface area contributed by atoms with E-state index in [9.17, 15) is 9.90 Å². The Morgan fingerprint density at radius 2 is 1.95 bits per heavy atom. The van der Waals surface area contributed by atoms with Gasteiger partial charge >= 0.3 is 128 Å². The number of nitrogens with zero attached hydrogens (tertiary/aromatic N) is 1. The molecule has 2 heterocycles. The number of benzene rings is 1. The monoisotopic (exact) mass is 373 g/mol. The zero-order chi connectivity index (χ0) is 14.8. The van der Waals surface area contributed by atoms with E-state index in [1.807, 2.05) is 27.7 Å². The van der Waals surface area contributed by atoms with Crippen LogP contribution in [0.3, 0.4) is 0 Å². The summed E-state index contributed by atoms with van der Waals surface area (Å²) < 4.78 is 5.88. The molecule has 0 fully saturated rings. The molecule has 0 saturated heterocycles. The van der Waals surface area contributed by atoms with Crippen molar-refractivity contribution < 1.29 is 9.90 Å². The van der Waals surface area contributed by atoms with E-state index in [-0.39, 0.29) is 17.9 Å². The molecule has 0 aromatic heterocycles. The van der Waals surface area contributed by atoms with Crippen LogP contribution in [-0.4, -0.2) is 32.7 Å². The fraction of sp³-hybridized carbons (Fsp3) is 0.438. The first-order valence-electron chi connectivity index (χ1n) is 7.07. The third-order valence-corrected chi connectivity index (χ3v) is 12.4. The predicted molar refractivity (Wildman–Crippen MR) is 83.2 cm³/mol. The fourth-order valence-corrected chi connectivity index (χ4v) is 12.8. The Balaban J connectivity index is 2.20. The zero-order valence-electron chi connectivity index (χ0n) is 12.7.